The van der Waals surface area contributed by atoms with Gasteiger partial charge in [0, 0.05) is 30.8 Å². The molecule has 2 N–H and O–H groups in total. The van der Waals surface area contributed by atoms with Crippen molar-refractivity contribution in [2.75, 3.05) is 19.6 Å². The average molecular weight is 529 g/mol. The molecule has 7 rings (SSSR count). The molecule has 6 heteroatoms. The number of ether oxygens (including phenoxy) is 1. The molecule has 2 saturated carbocycles. The maximum absolute atomic E-state index is 13.8. The normalized spacial score (nSPS) is 32.8. The summed E-state index contributed by atoms with van der Waals surface area (Å²) < 4.78 is 6.74. The second kappa shape index (κ2) is 9.10. The number of likely N-dealkylation sites (tertiary alicyclic amines) is 1. The second-order valence-electron chi connectivity index (χ2n) is 13.0. The number of carbonyl (C=O) groups is 1. The van der Waals surface area contributed by atoms with E-state index in [0.717, 1.165) is 43.0 Å². The Balaban J connectivity index is 1.29. The van der Waals surface area contributed by atoms with Crippen LogP contribution in [-0.4, -0.2) is 69.3 Å². The fourth-order valence-corrected chi connectivity index (χ4v) is 8.38. The van der Waals surface area contributed by atoms with E-state index in [4.69, 9.17) is 4.74 Å². The van der Waals surface area contributed by atoms with Crippen molar-refractivity contribution in [3.05, 3.63) is 65.2 Å². The Morgan fingerprint density at radius 1 is 1.15 bits per heavy atom. The number of phenolic OH excluding ortho intramolecular Hbond substituents is 1. The van der Waals surface area contributed by atoms with Gasteiger partial charge in [0.2, 0.25) is 5.91 Å². The Labute approximate surface area is 231 Å². The summed E-state index contributed by atoms with van der Waals surface area (Å²) in [6.45, 7) is 6.86. The Bertz CT molecular complexity index is 1300. The lowest BCUT2D eigenvalue weighted by molar-refractivity contribution is -0.201. The first-order chi connectivity index (χ1) is 18.8. The monoisotopic (exact) mass is 528 g/mol. The fraction of sp³-hybridized carbons (Fsp3) is 0.545. The first kappa shape index (κ1) is 25.2. The lowest BCUT2D eigenvalue weighted by Crippen LogP contribution is -2.78. The summed E-state index contributed by atoms with van der Waals surface area (Å²) in [5.41, 5.74) is 1.62. The van der Waals surface area contributed by atoms with Gasteiger partial charge in [-0.2, -0.15) is 0 Å². The zero-order chi connectivity index (χ0) is 26.9. The van der Waals surface area contributed by atoms with Crippen LogP contribution in [0.1, 0.15) is 62.6 Å². The van der Waals surface area contributed by atoms with Crippen LogP contribution in [0.15, 0.2) is 48.5 Å². The van der Waals surface area contributed by atoms with Crippen LogP contribution in [0.2, 0.25) is 0 Å². The highest BCUT2D eigenvalue weighted by molar-refractivity contribution is 5.92. The minimum Gasteiger partial charge on any atom is -0.504 e. The van der Waals surface area contributed by atoms with Crippen molar-refractivity contribution in [1.82, 2.24) is 9.80 Å². The fourth-order valence-electron chi connectivity index (χ4n) is 8.38. The van der Waals surface area contributed by atoms with Crippen molar-refractivity contribution >= 4 is 12.0 Å². The SMILES string of the molecule is CC(C)CN(C(=O)C=Cc1ccccc1)[C@@H]1CC[C@@]2(O)[C@H]3Cc4ccc(O)c5c4[C@@]2(CCN3CC2CC2)[C@H]1O5. The predicted molar refractivity (Wildman–Crippen MR) is 151 cm³/mol. The van der Waals surface area contributed by atoms with Crippen LogP contribution in [0, 0.1) is 11.8 Å². The molecular weight excluding hydrogens is 488 g/mol. The molecule has 1 saturated heterocycles. The molecule has 2 bridgehead atoms. The summed E-state index contributed by atoms with van der Waals surface area (Å²) in [4.78, 5) is 18.4. The number of benzene rings is 2. The number of phenols is 1. The summed E-state index contributed by atoms with van der Waals surface area (Å²) in [6, 6.07) is 13.5. The van der Waals surface area contributed by atoms with E-state index in [1.807, 2.05) is 47.4 Å². The molecule has 0 unspecified atom stereocenters. The van der Waals surface area contributed by atoms with Crippen LogP contribution in [0.3, 0.4) is 0 Å². The van der Waals surface area contributed by atoms with Crippen LogP contribution in [0.25, 0.3) is 6.08 Å². The maximum Gasteiger partial charge on any atom is 0.246 e. The topological polar surface area (TPSA) is 73.2 Å². The van der Waals surface area contributed by atoms with E-state index in [0.29, 0.717) is 25.1 Å². The van der Waals surface area contributed by atoms with Gasteiger partial charge in [0.15, 0.2) is 11.5 Å². The molecule has 0 radical (unpaired) electrons. The minimum absolute atomic E-state index is 0.0260. The van der Waals surface area contributed by atoms with Crippen LogP contribution in [0.4, 0.5) is 0 Å². The number of rotatable bonds is 7. The summed E-state index contributed by atoms with van der Waals surface area (Å²) in [5.74, 6) is 1.69. The van der Waals surface area contributed by atoms with E-state index in [-0.39, 0.29) is 29.7 Å². The van der Waals surface area contributed by atoms with Gasteiger partial charge in [-0.15, -0.1) is 0 Å². The van der Waals surface area contributed by atoms with Crippen molar-refractivity contribution in [3.63, 3.8) is 0 Å². The number of hydrogen-bond donors (Lipinski definition) is 2. The van der Waals surface area contributed by atoms with E-state index in [2.05, 4.69) is 18.7 Å². The molecule has 2 aliphatic heterocycles. The molecule has 0 aromatic heterocycles. The van der Waals surface area contributed by atoms with Gasteiger partial charge in [0.25, 0.3) is 0 Å². The molecule has 2 aromatic rings. The minimum atomic E-state index is -0.945. The first-order valence-electron chi connectivity index (χ1n) is 14.8. The van der Waals surface area contributed by atoms with Gasteiger partial charge in [0.05, 0.1) is 17.1 Å². The van der Waals surface area contributed by atoms with Crippen molar-refractivity contribution < 1.29 is 19.7 Å². The molecule has 3 aliphatic carbocycles. The number of nitrogens with zero attached hydrogens (tertiary/aromatic N) is 2. The van der Waals surface area contributed by atoms with Crippen molar-refractivity contribution in [2.45, 2.75) is 81.6 Å². The molecule has 6 nitrogen and oxygen atoms in total. The second-order valence-corrected chi connectivity index (χ2v) is 13.0. The third-order valence-electron chi connectivity index (χ3n) is 10.2. The van der Waals surface area contributed by atoms with E-state index in [1.54, 1.807) is 12.1 Å². The molecule has 3 fully saturated rings. The summed E-state index contributed by atoms with van der Waals surface area (Å²) in [5, 5.41) is 23.7. The number of carbonyl (C=O) groups excluding carboxylic acids is 1. The van der Waals surface area contributed by atoms with Gasteiger partial charge < -0.3 is 19.8 Å². The number of piperidine rings is 1. The molecule has 5 aliphatic rings. The van der Waals surface area contributed by atoms with Gasteiger partial charge in [-0.05, 0) is 80.2 Å². The smallest absolute Gasteiger partial charge is 0.246 e. The summed E-state index contributed by atoms with van der Waals surface area (Å²) in [6.07, 6.45) is 8.62. The predicted octanol–water partition coefficient (Wildman–Crippen LogP) is 4.52. The third-order valence-corrected chi connectivity index (χ3v) is 10.2. The van der Waals surface area contributed by atoms with E-state index >= 15 is 0 Å². The zero-order valence-corrected chi connectivity index (χ0v) is 23.1. The lowest BCUT2D eigenvalue weighted by atomic mass is 9.48. The van der Waals surface area contributed by atoms with Gasteiger partial charge >= 0.3 is 0 Å². The van der Waals surface area contributed by atoms with E-state index in [9.17, 15) is 15.0 Å². The molecule has 39 heavy (non-hydrogen) atoms. The highest BCUT2D eigenvalue weighted by Crippen LogP contribution is 2.66. The highest BCUT2D eigenvalue weighted by Gasteiger charge is 2.73. The van der Waals surface area contributed by atoms with Crippen LogP contribution in [0.5, 0.6) is 11.5 Å². The van der Waals surface area contributed by atoms with Crippen LogP contribution in [-0.2, 0) is 16.6 Å². The highest BCUT2D eigenvalue weighted by atomic mass is 16.5. The Kier molecular flexibility index (Phi) is 5.87. The molecule has 206 valence electrons. The van der Waals surface area contributed by atoms with Gasteiger partial charge in [0.1, 0.15) is 6.10 Å². The van der Waals surface area contributed by atoms with Crippen LogP contribution < -0.4 is 4.74 Å². The lowest BCUT2D eigenvalue weighted by Gasteiger charge is -2.65. The number of amides is 1. The average Bonchev–Trinajstić information content (AvgIpc) is 3.67. The quantitative estimate of drug-likeness (QED) is 0.517. The largest absolute Gasteiger partial charge is 0.504 e. The molecule has 1 amide bonds. The van der Waals surface area contributed by atoms with E-state index in [1.165, 1.54) is 18.4 Å². The first-order valence-corrected chi connectivity index (χ1v) is 14.8. The molecule has 2 aromatic carbocycles. The summed E-state index contributed by atoms with van der Waals surface area (Å²) >= 11 is 0. The molecule has 1 spiro atoms. The number of aromatic hydroxyl groups is 1. The van der Waals surface area contributed by atoms with E-state index < -0.39 is 17.1 Å². The Hall–Kier alpha value is -2.83. The van der Waals surface area contributed by atoms with Crippen molar-refractivity contribution in [3.8, 4) is 11.5 Å². The summed E-state index contributed by atoms with van der Waals surface area (Å²) in [7, 11) is 0. The number of aliphatic hydroxyl groups is 1. The Morgan fingerprint density at radius 2 is 1.95 bits per heavy atom. The van der Waals surface area contributed by atoms with Crippen molar-refractivity contribution in [1.29, 1.82) is 0 Å². The van der Waals surface area contributed by atoms with Gasteiger partial charge in [-0.1, -0.05) is 50.2 Å². The molecule has 2 heterocycles. The third kappa shape index (κ3) is 3.78. The number of hydrogen-bond acceptors (Lipinski definition) is 5. The molecule has 5 atom stereocenters. The van der Waals surface area contributed by atoms with Crippen LogP contribution >= 0.6 is 0 Å². The molecular formula is C33H40N2O4. The van der Waals surface area contributed by atoms with Gasteiger partial charge in [-0.3, -0.25) is 9.69 Å². The van der Waals surface area contributed by atoms with Crippen molar-refractivity contribution in [2.24, 2.45) is 11.8 Å². The standard InChI is InChI=1S/C33H40N2O4/c1-21(2)19-35(28(37)13-10-22-6-4-3-5-7-22)25-14-15-33(38)27-18-24-11-12-26(36)30-29(24)32(33,31(25)39-30)16-17-34(27)20-23-8-9-23/h3-7,10-13,21,23,25,27,31,36,38H,8-9,14-20H2,1-2H3/t25-,27-,31+,32+,33-/m1/s1. The maximum atomic E-state index is 13.8. The zero-order valence-electron chi connectivity index (χ0n) is 23.1. The van der Waals surface area contributed by atoms with Gasteiger partial charge in [-0.25, -0.2) is 0 Å². The Morgan fingerprint density at radius 3 is 2.69 bits per heavy atom.